The second-order valence-electron chi connectivity index (χ2n) is 12.1. The first kappa shape index (κ1) is 28.4. The summed E-state index contributed by atoms with van der Waals surface area (Å²) in [7, 11) is 0. The Morgan fingerprint density at radius 2 is 1.76 bits per heavy atom. The molecule has 0 heterocycles. The predicted octanol–water partition coefficient (Wildman–Crippen LogP) is -1.77. The molecular formula is C26H42NNaO6. The van der Waals surface area contributed by atoms with Crippen LogP contribution in [-0.2, 0) is 9.59 Å². The van der Waals surface area contributed by atoms with E-state index in [1.807, 2.05) is 0 Å². The molecule has 4 N–H and O–H groups in total. The van der Waals surface area contributed by atoms with Gasteiger partial charge in [-0.2, -0.15) is 0 Å². The van der Waals surface area contributed by atoms with Gasteiger partial charge in [0.1, 0.15) is 0 Å². The van der Waals surface area contributed by atoms with E-state index in [4.69, 9.17) is 0 Å². The van der Waals surface area contributed by atoms with Gasteiger partial charge in [-0.1, -0.05) is 27.2 Å². The van der Waals surface area contributed by atoms with E-state index in [9.17, 15) is 30.0 Å². The predicted molar refractivity (Wildman–Crippen MR) is 120 cm³/mol. The molecular weight excluding hydrogens is 445 g/mol. The fourth-order valence-corrected chi connectivity index (χ4v) is 9.21. The quantitative estimate of drug-likeness (QED) is 0.328. The summed E-state index contributed by atoms with van der Waals surface area (Å²) >= 11 is 0. The van der Waals surface area contributed by atoms with Gasteiger partial charge in [0.15, 0.2) is 0 Å². The molecule has 4 unspecified atom stereocenters. The molecule has 7 nitrogen and oxygen atoms in total. The Balaban J connectivity index is 0.00000324. The fourth-order valence-electron chi connectivity index (χ4n) is 9.21. The fraction of sp³-hybridized carbons (Fsp3) is 0.923. The van der Waals surface area contributed by atoms with E-state index in [0.29, 0.717) is 30.6 Å². The van der Waals surface area contributed by atoms with Gasteiger partial charge < -0.3 is 30.5 Å². The average molecular weight is 488 g/mol. The summed E-state index contributed by atoms with van der Waals surface area (Å²) in [5, 5.41) is 46.4. The zero-order valence-corrected chi connectivity index (χ0v) is 23.3. The molecule has 4 aliphatic rings. The monoisotopic (exact) mass is 487 g/mol. The summed E-state index contributed by atoms with van der Waals surface area (Å²) in [4.78, 5) is 22.6. The van der Waals surface area contributed by atoms with Crippen LogP contribution in [0.1, 0.15) is 78.6 Å². The molecule has 11 atom stereocenters. The Morgan fingerprint density at radius 3 is 2.44 bits per heavy atom. The molecule has 188 valence electrons. The number of rotatable bonds is 6. The molecule has 0 saturated heterocycles. The standard InChI is InChI=1S/C26H43NO6.Na/c1-14(6-9-22(31)27-13-23(32)33)16-7-8-17-15-11-20(29)24-19(28)5-4-10-25(24,2)18(15)12-21(30)26(16,17)3;/h14-21,24,28-30H,4-13H2,1-3H3,(H,27,31)(H,32,33);/q;+1/p-1/t14-,15?,16-,17?,18?,19+,20+,21+,24?,25-,26-;/m1./s1. The summed E-state index contributed by atoms with van der Waals surface area (Å²) in [5.74, 6) is -0.155. The van der Waals surface area contributed by atoms with E-state index in [-0.39, 0.29) is 70.5 Å². The molecule has 0 aromatic rings. The van der Waals surface area contributed by atoms with E-state index in [0.717, 1.165) is 38.5 Å². The number of hydrogen-bond acceptors (Lipinski definition) is 6. The SMILES string of the molecule is C[C@H](CCC(=O)NCC(=O)[O-])[C@H]1CCC2C3C[C@H](O)C4[C@@H](O)CCC[C@]4(C)C3C[C@H](O)[C@@]21C.[Na+]. The number of nitrogens with one attached hydrogen (secondary N) is 1. The molecule has 4 saturated carbocycles. The third-order valence-corrected chi connectivity index (χ3v) is 10.7. The van der Waals surface area contributed by atoms with Crippen molar-refractivity contribution < 1.29 is 59.6 Å². The molecule has 8 heteroatoms. The third-order valence-electron chi connectivity index (χ3n) is 10.7. The maximum atomic E-state index is 12.0. The first-order chi connectivity index (χ1) is 15.5. The first-order valence-electron chi connectivity index (χ1n) is 13.0. The minimum atomic E-state index is -1.29. The van der Waals surface area contributed by atoms with E-state index in [1.165, 1.54) is 0 Å². The van der Waals surface area contributed by atoms with Crippen LogP contribution in [0.4, 0.5) is 0 Å². The largest absolute Gasteiger partial charge is 1.00 e. The van der Waals surface area contributed by atoms with Gasteiger partial charge in [-0.15, -0.1) is 0 Å². The van der Waals surface area contributed by atoms with Crippen molar-refractivity contribution in [3.05, 3.63) is 0 Å². The second kappa shape index (κ2) is 10.7. The van der Waals surface area contributed by atoms with Crippen LogP contribution < -0.4 is 40.0 Å². The molecule has 0 aliphatic heterocycles. The van der Waals surface area contributed by atoms with Crippen molar-refractivity contribution in [2.75, 3.05) is 6.54 Å². The number of carbonyl (C=O) groups excluding carboxylic acids is 2. The molecule has 4 rings (SSSR count). The average Bonchev–Trinajstić information content (AvgIpc) is 3.10. The van der Waals surface area contributed by atoms with Gasteiger partial charge in [-0.3, -0.25) is 4.79 Å². The van der Waals surface area contributed by atoms with Crippen molar-refractivity contribution in [3.8, 4) is 0 Å². The summed E-state index contributed by atoms with van der Waals surface area (Å²) in [6.45, 7) is 6.15. The number of fused-ring (bicyclic) bond motifs is 5. The number of carboxylic acid groups (broad SMARTS) is 1. The van der Waals surface area contributed by atoms with Gasteiger partial charge in [0.25, 0.3) is 0 Å². The summed E-state index contributed by atoms with van der Waals surface area (Å²) in [6, 6.07) is 0. The Bertz CT molecular complexity index is 766. The van der Waals surface area contributed by atoms with Crippen molar-refractivity contribution in [3.63, 3.8) is 0 Å². The molecule has 0 bridgehead atoms. The third kappa shape index (κ3) is 4.74. The zero-order valence-electron chi connectivity index (χ0n) is 21.3. The van der Waals surface area contributed by atoms with Crippen molar-refractivity contribution in [2.45, 2.75) is 96.9 Å². The van der Waals surface area contributed by atoms with E-state index in [2.05, 4.69) is 26.1 Å². The van der Waals surface area contributed by atoms with Gasteiger partial charge in [-0.25, -0.2) is 0 Å². The van der Waals surface area contributed by atoms with Gasteiger partial charge in [0.05, 0.1) is 30.8 Å². The smallest absolute Gasteiger partial charge is 0.548 e. The van der Waals surface area contributed by atoms with E-state index in [1.54, 1.807) is 0 Å². The van der Waals surface area contributed by atoms with E-state index < -0.39 is 30.8 Å². The maximum absolute atomic E-state index is 12.0. The summed E-state index contributed by atoms with van der Waals surface area (Å²) < 4.78 is 0. The normalized spacial score (nSPS) is 46.3. The number of aliphatic hydroxyl groups is 3. The van der Waals surface area contributed by atoms with Crippen LogP contribution in [0.25, 0.3) is 0 Å². The molecule has 34 heavy (non-hydrogen) atoms. The van der Waals surface area contributed by atoms with Crippen LogP contribution in [0, 0.1) is 46.3 Å². The minimum Gasteiger partial charge on any atom is -0.548 e. The Kier molecular flexibility index (Phi) is 8.91. The topological polar surface area (TPSA) is 130 Å². The first-order valence-corrected chi connectivity index (χ1v) is 13.0. The van der Waals surface area contributed by atoms with Crippen molar-refractivity contribution in [1.82, 2.24) is 5.32 Å². The van der Waals surface area contributed by atoms with Crippen LogP contribution in [0.5, 0.6) is 0 Å². The van der Waals surface area contributed by atoms with Crippen LogP contribution in [0.2, 0.25) is 0 Å². The summed E-state index contributed by atoms with van der Waals surface area (Å²) in [6.07, 6.45) is 5.74. The number of amides is 1. The van der Waals surface area contributed by atoms with Crippen molar-refractivity contribution in [1.29, 1.82) is 0 Å². The Labute approximate surface area is 225 Å². The zero-order chi connectivity index (χ0) is 24.1. The number of carbonyl (C=O) groups is 2. The molecule has 4 fully saturated rings. The minimum absolute atomic E-state index is 0. The molecule has 0 radical (unpaired) electrons. The molecule has 0 aromatic heterocycles. The van der Waals surface area contributed by atoms with Crippen LogP contribution in [0.3, 0.4) is 0 Å². The molecule has 0 spiro atoms. The number of aliphatic hydroxyl groups excluding tert-OH is 3. The molecule has 1 amide bonds. The number of hydrogen-bond donors (Lipinski definition) is 4. The van der Waals surface area contributed by atoms with Crippen LogP contribution >= 0.6 is 0 Å². The van der Waals surface area contributed by atoms with Crippen molar-refractivity contribution in [2.24, 2.45) is 46.3 Å². The van der Waals surface area contributed by atoms with Gasteiger partial charge in [-0.05, 0) is 85.4 Å². The maximum Gasteiger partial charge on any atom is 1.00 e. The van der Waals surface area contributed by atoms with Crippen LogP contribution in [-0.4, -0.2) is 52.1 Å². The number of carboxylic acids is 1. The van der Waals surface area contributed by atoms with Gasteiger partial charge >= 0.3 is 29.6 Å². The van der Waals surface area contributed by atoms with Gasteiger partial charge in [0, 0.05) is 12.3 Å². The number of aliphatic carboxylic acids is 1. The van der Waals surface area contributed by atoms with Crippen molar-refractivity contribution >= 4 is 11.9 Å². The Hall–Kier alpha value is -0.180. The van der Waals surface area contributed by atoms with Gasteiger partial charge in [0.2, 0.25) is 5.91 Å². The second-order valence-corrected chi connectivity index (χ2v) is 12.1. The molecule has 0 aromatic carbocycles. The van der Waals surface area contributed by atoms with E-state index >= 15 is 0 Å². The summed E-state index contributed by atoms with van der Waals surface area (Å²) in [5.41, 5.74) is -0.388. The Morgan fingerprint density at radius 1 is 1.06 bits per heavy atom. The van der Waals surface area contributed by atoms with Crippen LogP contribution in [0.15, 0.2) is 0 Å². The molecule has 4 aliphatic carbocycles.